The van der Waals surface area contributed by atoms with Gasteiger partial charge in [-0.1, -0.05) is 23.2 Å². The highest BCUT2D eigenvalue weighted by Crippen LogP contribution is 2.25. The number of benzene rings is 1. The fourth-order valence-electron chi connectivity index (χ4n) is 1.81. The highest BCUT2D eigenvalue weighted by atomic mass is 35.5. The Morgan fingerprint density at radius 1 is 1.25 bits per heavy atom. The van der Waals surface area contributed by atoms with E-state index in [1.807, 2.05) is 27.7 Å². The third-order valence-corrected chi connectivity index (χ3v) is 3.31. The molecule has 1 aromatic rings. The fourth-order valence-corrected chi connectivity index (χ4v) is 2.15. The van der Waals surface area contributed by atoms with Crippen molar-refractivity contribution < 1.29 is 9.59 Å². The van der Waals surface area contributed by atoms with E-state index in [0.29, 0.717) is 22.3 Å². The van der Waals surface area contributed by atoms with Gasteiger partial charge in [-0.15, -0.1) is 0 Å². The number of likely N-dealkylation sites (N-methyl/N-ethyl adjacent to an activating group) is 1. The minimum absolute atomic E-state index is 0.322. The summed E-state index contributed by atoms with van der Waals surface area (Å²) in [6, 6.07) is 4.67. The zero-order valence-electron chi connectivity index (χ0n) is 12.0. The molecule has 0 heterocycles. The van der Waals surface area contributed by atoms with E-state index < -0.39 is 17.4 Å². The highest BCUT2D eigenvalue weighted by molar-refractivity contribution is 6.42. The molecule has 1 N–H and O–H groups in total. The van der Waals surface area contributed by atoms with Gasteiger partial charge in [-0.25, -0.2) is 0 Å². The maximum absolute atomic E-state index is 12.2. The number of carbonyl (C=O) groups excluding carboxylic acids is 2. The normalized spacial score (nSPS) is 11.1. The fraction of sp³-hybridized carbons (Fsp3) is 0.429. The molecule has 0 fully saturated rings. The van der Waals surface area contributed by atoms with Crippen molar-refractivity contribution in [2.75, 3.05) is 11.9 Å². The maximum atomic E-state index is 12.2. The van der Waals surface area contributed by atoms with Crippen molar-refractivity contribution in [3.8, 4) is 0 Å². The van der Waals surface area contributed by atoms with Crippen LogP contribution in [0.4, 0.5) is 5.69 Å². The molecule has 0 saturated heterocycles. The summed E-state index contributed by atoms with van der Waals surface area (Å²) in [5.74, 6) is -1.33. The minimum atomic E-state index is -0.731. The van der Waals surface area contributed by atoms with Crippen molar-refractivity contribution in [1.29, 1.82) is 0 Å². The van der Waals surface area contributed by atoms with Gasteiger partial charge in [0.1, 0.15) is 0 Å². The molecular formula is C14H18Cl2N2O2. The number of hydrogen-bond acceptors (Lipinski definition) is 2. The number of halogens is 2. The molecule has 0 radical (unpaired) electrons. The van der Waals surface area contributed by atoms with E-state index in [1.54, 1.807) is 12.1 Å². The Morgan fingerprint density at radius 2 is 1.85 bits per heavy atom. The molecule has 0 aliphatic heterocycles. The topological polar surface area (TPSA) is 49.4 Å². The van der Waals surface area contributed by atoms with Crippen LogP contribution in [0.15, 0.2) is 18.2 Å². The second-order valence-electron chi connectivity index (χ2n) is 5.30. The molecule has 1 aromatic carbocycles. The third kappa shape index (κ3) is 4.12. The Bertz CT molecular complexity index is 524. The van der Waals surface area contributed by atoms with E-state index >= 15 is 0 Å². The Labute approximate surface area is 129 Å². The molecule has 0 bridgehead atoms. The Hall–Kier alpha value is -1.26. The van der Waals surface area contributed by atoms with Crippen LogP contribution >= 0.6 is 23.2 Å². The number of rotatable bonds is 2. The number of nitrogens with one attached hydrogen (secondary N) is 1. The van der Waals surface area contributed by atoms with Gasteiger partial charge in [0.25, 0.3) is 0 Å². The van der Waals surface area contributed by atoms with Gasteiger partial charge in [0.15, 0.2) is 0 Å². The molecule has 1 rings (SSSR count). The molecule has 0 aliphatic rings. The molecule has 4 nitrogen and oxygen atoms in total. The van der Waals surface area contributed by atoms with Crippen LogP contribution in [-0.4, -0.2) is 28.8 Å². The number of anilines is 1. The molecule has 0 aromatic heterocycles. The summed E-state index contributed by atoms with van der Waals surface area (Å²) in [5, 5.41) is 3.25. The van der Waals surface area contributed by atoms with Crippen LogP contribution in [0.5, 0.6) is 0 Å². The van der Waals surface area contributed by atoms with Crippen LogP contribution in [-0.2, 0) is 9.59 Å². The first-order valence-corrected chi connectivity index (χ1v) is 7.00. The van der Waals surface area contributed by atoms with E-state index in [1.165, 1.54) is 11.0 Å². The Balaban J connectivity index is 2.90. The Morgan fingerprint density at radius 3 is 2.35 bits per heavy atom. The smallest absolute Gasteiger partial charge is 0.313 e. The van der Waals surface area contributed by atoms with Crippen LogP contribution < -0.4 is 5.32 Å². The predicted molar refractivity (Wildman–Crippen MR) is 82.2 cm³/mol. The number of amides is 2. The van der Waals surface area contributed by atoms with E-state index in [0.717, 1.165) is 0 Å². The first kappa shape index (κ1) is 16.8. The molecule has 0 unspecified atom stereocenters. The molecule has 110 valence electrons. The largest absolute Gasteiger partial charge is 0.330 e. The lowest BCUT2D eigenvalue weighted by atomic mass is 10.1. The lowest BCUT2D eigenvalue weighted by Gasteiger charge is -2.34. The Kier molecular flexibility index (Phi) is 5.42. The average Bonchev–Trinajstić information content (AvgIpc) is 2.32. The third-order valence-electron chi connectivity index (χ3n) is 2.74. The van der Waals surface area contributed by atoms with Crippen molar-refractivity contribution >= 4 is 40.7 Å². The molecule has 20 heavy (non-hydrogen) atoms. The number of carbonyl (C=O) groups is 2. The second-order valence-corrected chi connectivity index (χ2v) is 6.14. The average molecular weight is 317 g/mol. The van der Waals surface area contributed by atoms with Crippen LogP contribution in [0.2, 0.25) is 10.0 Å². The molecule has 0 aliphatic carbocycles. The summed E-state index contributed by atoms with van der Waals surface area (Å²) in [4.78, 5) is 25.7. The minimum Gasteiger partial charge on any atom is -0.330 e. The van der Waals surface area contributed by atoms with Gasteiger partial charge in [0.05, 0.1) is 10.7 Å². The molecule has 0 saturated carbocycles. The van der Waals surface area contributed by atoms with Gasteiger partial charge in [0.2, 0.25) is 0 Å². The summed E-state index contributed by atoms with van der Waals surface area (Å²) in [5.41, 5.74) is -0.108. The van der Waals surface area contributed by atoms with E-state index in [9.17, 15) is 9.59 Å². The zero-order valence-corrected chi connectivity index (χ0v) is 13.5. The van der Waals surface area contributed by atoms with Gasteiger partial charge in [-0.2, -0.15) is 0 Å². The molecule has 0 atom stereocenters. The lowest BCUT2D eigenvalue weighted by molar-refractivity contribution is -0.146. The monoisotopic (exact) mass is 316 g/mol. The van der Waals surface area contributed by atoms with Crippen molar-refractivity contribution in [3.63, 3.8) is 0 Å². The van der Waals surface area contributed by atoms with E-state index in [2.05, 4.69) is 5.32 Å². The van der Waals surface area contributed by atoms with E-state index in [4.69, 9.17) is 23.2 Å². The summed E-state index contributed by atoms with van der Waals surface area (Å²) < 4.78 is 0. The SMILES string of the molecule is CCN(C(=O)C(=O)Nc1cc(Cl)ccc1Cl)C(C)(C)C. The van der Waals surface area contributed by atoms with Gasteiger partial charge in [-0.3, -0.25) is 9.59 Å². The standard InChI is InChI=1S/C14H18Cl2N2O2/c1-5-18(14(2,3)4)13(20)12(19)17-11-8-9(15)6-7-10(11)16/h6-8H,5H2,1-4H3,(H,17,19). The summed E-state index contributed by atoms with van der Waals surface area (Å²) in [6.45, 7) is 7.87. The first-order valence-electron chi connectivity index (χ1n) is 6.24. The number of nitrogens with zero attached hydrogens (tertiary/aromatic N) is 1. The first-order chi connectivity index (χ1) is 9.16. The summed E-state index contributed by atoms with van der Waals surface area (Å²) in [6.07, 6.45) is 0. The van der Waals surface area contributed by atoms with E-state index in [-0.39, 0.29) is 0 Å². The second kappa shape index (κ2) is 6.46. The van der Waals surface area contributed by atoms with Gasteiger partial charge in [0, 0.05) is 17.1 Å². The maximum Gasteiger partial charge on any atom is 0.313 e. The molecule has 2 amide bonds. The quantitative estimate of drug-likeness (QED) is 0.848. The summed E-state index contributed by atoms with van der Waals surface area (Å²) in [7, 11) is 0. The highest BCUT2D eigenvalue weighted by Gasteiger charge is 2.29. The van der Waals surface area contributed by atoms with Crippen LogP contribution in [0.25, 0.3) is 0 Å². The van der Waals surface area contributed by atoms with Crippen molar-refractivity contribution in [2.45, 2.75) is 33.2 Å². The molecular weight excluding hydrogens is 299 g/mol. The van der Waals surface area contributed by atoms with Gasteiger partial charge >= 0.3 is 11.8 Å². The van der Waals surface area contributed by atoms with Crippen LogP contribution in [0.1, 0.15) is 27.7 Å². The van der Waals surface area contributed by atoms with Crippen molar-refractivity contribution in [2.24, 2.45) is 0 Å². The molecule has 0 spiro atoms. The van der Waals surface area contributed by atoms with Crippen molar-refractivity contribution in [1.82, 2.24) is 4.90 Å². The van der Waals surface area contributed by atoms with Gasteiger partial charge < -0.3 is 10.2 Å². The summed E-state index contributed by atoms with van der Waals surface area (Å²) >= 11 is 11.8. The van der Waals surface area contributed by atoms with Crippen LogP contribution in [0.3, 0.4) is 0 Å². The molecule has 6 heteroatoms. The zero-order chi connectivity index (χ0) is 15.5. The lowest BCUT2D eigenvalue weighted by Crippen LogP contribution is -2.49. The van der Waals surface area contributed by atoms with Gasteiger partial charge in [-0.05, 0) is 45.9 Å². The number of hydrogen-bond donors (Lipinski definition) is 1. The van der Waals surface area contributed by atoms with Crippen molar-refractivity contribution in [3.05, 3.63) is 28.2 Å². The predicted octanol–water partition coefficient (Wildman–Crippen LogP) is 3.58. The van der Waals surface area contributed by atoms with Crippen LogP contribution in [0, 0.1) is 0 Å².